The fourth-order valence-corrected chi connectivity index (χ4v) is 2.50. The number of hydrogen-bond donors (Lipinski definition) is 1. The number of aromatic amines is 1. The average Bonchev–Trinajstić information content (AvgIpc) is 3.06. The van der Waals surface area contributed by atoms with E-state index in [2.05, 4.69) is 20.1 Å². The molecule has 1 N–H and O–H groups in total. The van der Waals surface area contributed by atoms with Crippen molar-refractivity contribution in [3.8, 4) is 0 Å². The van der Waals surface area contributed by atoms with Crippen LogP contribution in [0.15, 0.2) is 27.8 Å². The van der Waals surface area contributed by atoms with E-state index in [1.165, 1.54) is 10.6 Å². The highest BCUT2D eigenvalue weighted by atomic mass is 16.5. The molecule has 3 aromatic heterocycles. The number of nitrogens with zero attached hydrogens (tertiary/aromatic N) is 5. The fourth-order valence-electron chi connectivity index (χ4n) is 2.50. The third kappa shape index (κ3) is 1.90. The largest absolute Gasteiger partial charge is 0.339 e. The van der Waals surface area contributed by atoms with E-state index in [0.29, 0.717) is 30.5 Å². The van der Waals surface area contributed by atoms with Crippen LogP contribution in [0.4, 0.5) is 0 Å². The third-order valence-corrected chi connectivity index (χ3v) is 3.69. The highest BCUT2D eigenvalue weighted by Gasteiger charge is 2.36. The topological polar surface area (TPSA) is 109 Å². The first-order valence-electron chi connectivity index (χ1n) is 6.77. The maximum Gasteiger partial charge on any atom is 0.331 e. The molecular weight excluding hydrogens is 288 g/mol. The van der Waals surface area contributed by atoms with Gasteiger partial charge in [-0.3, -0.25) is 9.20 Å². The molecule has 0 unspecified atom stereocenters. The van der Waals surface area contributed by atoms with E-state index in [4.69, 9.17) is 4.52 Å². The van der Waals surface area contributed by atoms with Crippen molar-refractivity contribution >= 4 is 11.6 Å². The molecule has 22 heavy (non-hydrogen) atoms. The molecule has 9 heteroatoms. The van der Waals surface area contributed by atoms with E-state index < -0.39 is 0 Å². The lowest BCUT2D eigenvalue weighted by molar-refractivity contribution is 0.0562. The third-order valence-electron chi connectivity index (χ3n) is 3.69. The number of hydrogen-bond acceptors (Lipinski definition) is 6. The molecule has 1 fully saturated rings. The van der Waals surface area contributed by atoms with E-state index in [1.807, 2.05) is 0 Å². The Labute approximate surface area is 123 Å². The molecule has 4 rings (SSSR count). The Morgan fingerprint density at radius 1 is 1.45 bits per heavy atom. The summed E-state index contributed by atoms with van der Waals surface area (Å²) < 4.78 is 6.44. The highest BCUT2D eigenvalue weighted by molar-refractivity contribution is 5.93. The molecule has 4 heterocycles. The first-order chi connectivity index (χ1) is 10.6. The van der Waals surface area contributed by atoms with Crippen molar-refractivity contribution in [1.82, 2.24) is 29.4 Å². The Balaban J connectivity index is 1.54. The number of amides is 1. The summed E-state index contributed by atoms with van der Waals surface area (Å²) in [5, 5.41) is 3.74. The Bertz CT molecular complexity index is 917. The van der Waals surface area contributed by atoms with Crippen LogP contribution < -0.4 is 5.69 Å². The highest BCUT2D eigenvalue weighted by Crippen LogP contribution is 2.26. The predicted molar refractivity (Wildman–Crippen MR) is 73.5 cm³/mol. The van der Waals surface area contributed by atoms with Gasteiger partial charge in [0.05, 0.1) is 5.92 Å². The van der Waals surface area contributed by atoms with E-state index >= 15 is 0 Å². The molecule has 0 saturated carbocycles. The molecule has 0 atom stereocenters. The standard InChI is InChI=1S/C13H12N6O3/c1-7-15-11(22-17-7)8-5-18(6-8)12(20)9-4-10-14-2-3-19(10)13(21)16-9/h2-4,8H,5-6H2,1H3,(H,16,21). The Kier molecular flexibility index (Phi) is 2.62. The van der Waals surface area contributed by atoms with Crippen LogP contribution in [0.1, 0.15) is 28.1 Å². The number of rotatable bonds is 2. The SMILES string of the molecule is Cc1noc(C2CN(C(=O)c3cc4nccn4c(=O)[nH]3)C2)n1. The van der Waals surface area contributed by atoms with Gasteiger partial charge in [-0.05, 0) is 6.92 Å². The number of carbonyl (C=O) groups excluding carboxylic acids is 1. The van der Waals surface area contributed by atoms with Crippen LogP contribution >= 0.6 is 0 Å². The van der Waals surface area contributed by atoms with Crippen molar-refractivity contribution in [2.75, 3.05) is 13.1 Å². The van der Waals surface area contributed by atoms with Crippen LogP contribution in [0.5, 0.6) is 0 Å². The second-order valence-corrected chi connectivity index (χ2v) is 5.23. The number of aromatic nitrogens is 5. The van der Waals surface area contributed by atoms with Gasteiger partial charge in [-0.1, -0.05) is 5.16 Å². The van der Waals surface area contributed by atoms with Crippen LogP contribution in [0, 0.1) is 6.92 Å². The van der Waals surface area contributed by atoms with Gasteiger partial charge in [0.25, 0.3) is 5.91 Å². The van der Waals surface area contributed by atoms with Crippen LogP contribution in [-0.2, 0) is 0 Å². The van der Waals surface area contributed by atoms with Crippen molar-refractivity contribution < 1.29 is 9.32 Å². The van der Waals surface area contributed by atoms with Crippen molar-refractivity contribution in [1.29, 1.82) is 0 Å². The number of fused-ring (bicyclic) bond motifs is 1. The Morgan fingerprint density at radius 3 is 3.00 bits per heavy atom. The molecule has 1 aliphatic heterocycles. The van der Waals surface area contributed by atoms with Gasteiger partial charge in [-0.25, -0.2) is 9.78 Å². The van der Waals surface area contributed by atoms with E-state index in [0.717, 1.165) is 0 Å². The summed E-state index contributed by atoms with van der Waals surface area (Å²) >= 11 is 0. The van der Waals surface area contributed by atoms with Gasteiger partial charge in [-0.15, -0.1) is 0 Å². The zero-order chi connectivity index (χ0) is 15.3. The summed E-state index contributed by atoms with van der Waals surface area (Å²) in [6.07, 6.45) is 3.05. The Morgan fingerprint density at radius 2 is 2.27 bits per heavy atom. The maximum atomic E-state index is 12.4. The monoisotopic (exact) mass is 300 g/mol. The summed E-state index contributed by atoms with van der Waals surface area (Å²) in [7, 11) is 0. The molecule has 0 aliphatic carbocycles. The van der Waals surface area contributed by atoms with Gasteiger partial charge in [0.15, 0.2) is 5.82 Å². The molecule has 1 amide bonds. The number of likely N-dealkylation sites (tertiary alicyclic amines) is 1. The minimum absolute atomic E-state index is 0.0482. The number of nitrogens with one attached hydrogen (secondary N) is 1. The van der Waals surface area contributed by atoms with Gasteiger partial charge in [0.1, 0.15) is 11.3 Å². The second-order valence-electron chi connectivity index (χ2n) is 5.23. The van der Waals surface area contributed by atoms with Gasteiger partial charge in [-0.2, -0.15) is 4.98 Å². The molecule has 0 aromatic carbocycles. The van der Waals surface area contributed by atoms with Crippen LogP contribution in [0.2, 0.25) is 0 Å². The molecular formula is C13H12N6O3. The van der Waals surface area contributed by atoms with Crippen LogP contribution in [0.3, 0.4) is 0 Å². The molecule has 0 radical (unpaired) electrons. The van der Waals surface area contributed by atoms with Gasteiger partial charge >= 0.3 is 5.69 Å². The molecule has 1 aliphatic rings. The van der Waals surface area contributed by atoms with Gasteiger partial charge in [0.2, 0.25) is 5.89 Å². The number of aryl methyl sites for hydroxylation is 1. The lowest BCUT2D eigenvalue weighted by atomic mass is 9.99. The lowest BCUT2D eigenvalue weighted by Crippen LogP contribution is -2.49. The Hall–Kier alpha value is -2.97. The molecule has 0 bridgehead atoms. The number of imidazole rings is 1. The average molecular weight is 300 g/mol. The summed E-state index contributed by atoms with van der Waals surface area (Å²) in [5.74, 6) is 0.926. The quantitative estimate of drug-likeness (QED) is 0.711. The van der Waals surface area contributed by atoms with Crippen molar-refractivity contribution in [2.45, 2.75) is 12.8 Å². The molecule has 9 nitrogen and oxygen atoms in total. The first-order valence-corrected chi connectivity index (χ1v) is 6.77. The first kappa shape index (κ1) is 12.7. The normalized spacial score (nSPS) is 15.2. The van der Waals surface area contributed by atoms with Crippen molar-refractivity contribution in [3.63, 3.8) is 0 Å². The minimum atomic E-state index is -0.386. The molecule has 0 spiro atoms. The summed E-state index contributed by atoms with van der Waals surface area (Å²) in [5.41, 5.74) is 0.281. The second kappa shape index (κ2) is 4.52. The smallest absolute Gasteiger partial charge is 0.331 e. The number of H-pyrrole nitrogens is 1. The van der Waals surface area contributed by atoms with Gasteiger partial charge < -0.3 is 14.4 Å². The van der Waals surface area contributed by atoms with Crippen LogP contribution in [0.25, 0.3) is 5.65 Å². The van der Waals surface area contributed by atoms with E-state index in [9.17, 15) is 9.59 Å². The van der Waals surface area contributed by atoms with Crippen molar-refractivity contribution in [3.05, 3.63) is 46.4 Å². The molecule has 3 aromatic rings. The van der Waals surface area contributed by atoms with E-state index in [-0.39, 0.29) is 23.2 Å². The zero-order valence-corrected chi connectivity index (χ0v) is 11.7. The van der Waals surface area contributed by atoms with Crippen molar-refractivity contribution in [2.24, 2.45) is 0 Å². The molecule has 112 valence electrons. The molecule has 1 saturated heterocycles. The van der Waals surface area contributed by atoms with E-state index in [1.54, 1.807) is 24.1 Å². The van der Waals surface area contributed by atoms with Gasteiger partial charge in [0, 0.05) is 31.5 Å². The predicted octanol–water partition coefficient (Wildman–Crippen LogP) is -0.0464. The fraction of sp³-hybridized carbons (Fsp3) is 0.308. The summed E-state index contributed by atoms with van der Waals surface area (Å²) in [6.45, 7) is 2.73. The van der Waals surface area contributed by atoms with Crippen LogP contribution in [-0.4, -0.2) is 48.4 Å². The zero-order valence-electron chi connectivity index (χ0n) is 11.7. The number of carbonyl (C=O) groups is 1. The maximum absolute atomic E-state index is 12.4. The summed E-state index contributed by atoms with van der Waals surface area (Å²) in [4.78, 5) is 36.6. The minimum Gasteiger partial charge on any atom is -0.339 e. The summed E-state index contributed by atoms with van der Waals surface area (Å²) in [6, 6.07) is 1.56. The lowest BCUT2D eigenvalue weighted by Gasteiger charge is -2.36.